The SMILES string of the molecule is O=C(CNS(=O)(=O)c1ccccc1[N+](=O)[O-])N1CCOC(c2ccccc2)C1. The molecule has 9 nitrogen and oxygen atoms in total. The first-order chi connectivity index (χ1) is 13.4. The lowest BCUT2D eigenvalue weighted by Gasteiger charge is -2.33. The predicted molar refractivity (Wildman–Crippen MR) is 100.0 cm³/mol. The maximum absolute atomic E-state index is 12.5. The van der Waals surface area contributed by atoms with Gasteiger partial charge in [0.05, 0.1) is 24.6 Å². The fraction of sp³-hybridized carbons (Fsp3) is 0.278. The minimum absolute atomic E-state index is 0.286. The quantitative estimate of drug-likeness (QED) is 0.574. The van der Waals surface area contributed by atoms with E-state index < -0.39 is 38.0 Å². The molecule has 1 amide bonds. The number of rotatable bonds is 6. The monoisotopic (exact) mass is 405 g/mol. The zero-order valence-corrected chi connectivity index (χ0v) is 15.7. The number of para-hydroxylation sites is 1. The molecule has 1 fully saturated rings. The molecule has 3 rings (SSSR count). The van der Waals surface area contributed by atoms with Crippen LogP contribution in [0.2, 0.25) is 0 Å². The Morgan fingerprint density at radius 3 is 2.57 bits per heavy atom. The minimum Gasteiger partial charge on any atom is -0.370 e. The van der Waals surface area contributed by atoms with Crippen LogP contribution in [0.5, 0.6) is 0 Å². The predicted octanol–water partition coefficient (Wildman–Crippen LogP) is 1.47. The fourth-order valence-electron chi connectivity index (χ4n) is 2.93. The van der Waals surface area contributed by atoms with Crippen molar-refractivity contribution in [2.75, 3.05) is 26.2 Å². The Kier molecular flexibility index (Phi) is 6.02. The summed E-state index contributed by atoms with van der Waals surface area (Å²) < 4.78 is 32.7. The molecule has 10 heteroatoms. The number of amides is 1. The van der Waals surface area contributed by atoms with Crippen LogP contribution in [-0.2, 0) is 19.6 Å². The highest BCUT2D eigenvalue weighted by molar-refractivity contribution is 7.89. The fourth-order valence-corrected chi connectivity index (χ4v) is 4.07. The van der Waals surface area contributed by atoms with Gasteiger partial charge in [-0.05, 0) is 11.6 Å². The first kappa shape index (κ1) is 19.9. The van der Waals surface area contributed by atoms with Gasteiger partial charge in [0.2, 0.25) is 15.9 Å². The van der Waals surface area contributed by atoms with E-state index in [1.54, 1.807) is 0 Å². The Labute approximate surface area is 162 Å². The molecular weight excluding hydrogens is 386 g/mol. The third-order valence-corrected chi connectivity index (χ3v) is 5.80. The summed E-state index contributed by atoms with van der Waals surface area (Å²) in [5.74, 6) is -0.425. The summed E-state index contributed by atoms with van der Waals surface area (Å²) in [5.41, 5.74) is 0.387. The van der Waals surface area contributed by atoms with Gasteiger partial charge in [-0.3, -0.25) is 14.9 Å². The first-order valence-corrected chi connectivity index (χ1v) is 10.0. The molecule has 0 aliphatic carbocycles. The van der Waals surface area contributed by atoms with Gasteiger partial charge in [0.15, 0.2) is 4.90 Å². The van der Waals surface area contributed by atoms with E-state index in [-0.39, 0.29) is 6.10 Å². The van der Waals surface area contributed by atoms with Gasteiger partial charge >= 0.3 is 0 Å². The molecule has 1 N–H and O–H groups in total. The lowest BCUT2D eigenvalue weighted by Crippen LogP contribution is -2.46. The number of nitro groups is 1. The van der Waals surface area contributed by atoms with Crippen molar-refractivity contribution >= 4 is 21.6 Å². The van der Waals surface area contributed by atoms with Crippen molar-refractivity contribution in [3.63, 3.8) is 0 Å². The van der Waals surface area contributed by atoms with Crippen molar-refractivity contribution in [2.45, 2.75) is 11.0 Å². The Hall–Kier alpha value is -2.82. The summed E-state index contributed by atoms with van der Waals surface area (Å²) in [4.78, 5) is 23.8. The summed E-state index contributed by atoms with van der Waals surface area (Å²) in [6.07, 6.45) is -0.286. The molecule has 1 heterocycles. The Morgan fingerprint density at radius 1 is 1.18 bits per heavy atom. The van der Waals surface area contributed by atoms with Crippen LogP contribution in [0.25, 0.3) is 0 Å². The summed E-state index contributed by atoms with van der Waals surface area (Å²) in [6.45, 7) is 0.490. The standard InChI is InChI=1S/C18H19N3O6S/c22-18(20-10-11-27-16(13-20)14-6-2-1-3-7-14)12-19-28(25,26)17-9-5-4-8-15(17)21(23)24/h1-9,16,19H,10-13H2. The normalized spacial score (nSPS) is 17.3. The van der Waals surface area contributed by atoms with Crippen molar-refractivity contribution < 1.29 is 22.9 Å². The number of morpholine rings is 1. The number of carbonyl (C=O) groups is 1. The first-order valence-electron chi connectivity index (χ1n) is 8.56. The highest BCUT2D eigenvalue weighted by Crippen LogP contribution is 2.23. The van der Waals surface area contributed by atoms with E-state index in [4.69, 9.17) is 4.74 Å². The lowest BCUT2D eigenvalue weighted by molar-refractivity contribution is -0.387. The molecule has 0 radical (unpaired) electrons. The van der Waals surface area contributed by atoms with Crippen LogP contribution in [0.4, 0.5) is 5.69 Å². The van der Waals surface area contributed by atoms with Gasteiger partial charge in [-0.2, -0.15) is 0 Å². The van der Waals surface area contributed by atoms with Gasteiger partial charge in [0.1, 0.15) is 6.10 Å². The number of nitro benzene ring substituents is 1. The van der Waals surface area contributed by atoms with E-state index in [9.17, 15) is 23.3 Å². The summed E-state index contributed by atoms with van der Waals surface area (Å²) in [6, 6.07) is 14.4. The van der Waals surface area contributed by atoms with Crippen LogP contribution in [0, 0.1) is 10.1 Å². The number of hydrogen-bond donors (Lipinski definition) is 1. The van der Waals surface area contributed by atoms with Crippen molar-refractivity contribution in [3.05, 3.63) is 70.3 Å². The van der Waals surface area contributed by atoms with Crippen LogP contribution in [0.1, 0.15) is 11.7 Å². The molecule has 1 unspecified atom stereocenters. The van der Waals surface area contributed by atoms with Crippen LogP contribution in [-0.4, -0.2) is 50.4 Å². The molecule has 0 saturated carbocycles. The molecule has 2 aromatic carbocycles. The van der Waals surface area contributed by atoms with Crippen molar-refractivity contribution in [1.29, 1.82) is 0 Å². The van der Waals surface area contributed by atoms with Crippen molar-refractivity contribution in [3.8, 4) is 0 Å². The van der Waals surface area contributed by atoms with Crippen LogP contribution in [0.15, 0.2) is 59.5 Å². The maximum Gasteiger partial charge on any atom is 0.289 e. The molecule has 1 aliphatic heterocycles. The topological polar surface area (TPSA) is 119 Å². The Bertz CT molecular complexity index is 964. The van der Waals surface area contributed by atoms with E-state index in [2.05, 4.69) is 4.72 Å². The maximum atomic E-state index is 12.5. The largest absolute Gasteiger partial charge is 0.370 e. The van der Waals surface area contributed by atoms with Gasteiger partial charge in [-0.25, -0.2) is 13.1 Å². The smallest absolute Gasteiger partial charge is 0.289 e. The zero-order valence-electron chi connectivity index (χ0n) is 14.9. The number of nitrogens with one attached hydrogen (secondary N) is 1. The number of hydrogen-bond acceptors (Lipinski definition) is 6. The van der Waals surface area contributed by atoms with Gasteiger partial charge in [0.25, 0.3) is 5.69 Å². The summed E-state index contributed by atoms with van der Waals surface area (Å²) in [7, 11) is -4.21. The van der Waals surface area contributed by atoms with Crippen molar-refractivity contribution in [1.82, 2.24) is 9.62 Å². The van der Waals surface area contributed by atoms with Gasteiger partial charge in [-0.1, -0.05) is 42.5 Å². The van der Waals surface area contributed by atoms with E-state index >= 15 is 0 Å². The highest BCUT2D eigenvalue weighted by atomic mass is 32.2. The summed E-state index contributed by atoms with van der Waals surface area (Å²) >= 11 is 0. The van der Waals surface area contributed by atoms with Crippen LogP contribution in [0.3, 0.4) is 0 Å². The minimum atomic E-state index is -4.21. The second-order valence-corrected chi connectivity index (χ2v) is 7.89. The molecular formula is C18H19N3O6S. The third kappa shape index (κ3) is 4.53. The number of nitrogens with zero attached hydrogens (tertiary/aromatic N) is 2. The molecule has 1 atom stereocenters. The lowest BCUT2D eigenvalue weighted by atomic mass is 10.1. The molecule has 0 spiro atoms. The third-order valence-electron chi connectivity index (χ3n) is 4.36. The molecule has 0 aromatic heterocycles. The number of ether oxygens (including phenoxy) is 1. The van der Waals surface area contributed by atoms with Gasteiger partial charge < -0.3 is 9.64 Å². The van der Waals surface area contributed by atoms with Gasteiger partial charge in [0, 0.05) is 12.6 Å². The van der Waals surface area contributed by atoms with E-state index in [0.717, 1.165) is 17.7 Å². The van der Waals surface area contributed by atoms with Crippen molar-refractivity contribution in [2.24, 2.45) is 0 Å². The molecule has 28 heavy (non-hydrogen) atoms. The molecule has 0 bridgehead atoms. The molecule has 1 aliphatic rings. The second-order valence-electron chi connectivity index (χ2n) is 6.16. The Balaban J connectivity index is 1.66. The van der Waals surface area contributed by atoms with E-state index in [1.165, 1.54) is 17.0 Å². The van der Waals surface area contributed by atoms with Crippen LogP contribution < -0.4 is 4.72 Å². The number of carbonyl (C=O) groups excluding carboxylic acids is 1. The summed E-state index contributed by atoms with van der Waals surface area (Å²) in [5, 5.41) is 11.0. The molecule has 2 aromatic rings. The molecule has 148 valence electrons. The Morgan fingerprint density at radius 2 is 1.86 bits per heavy atom. The van der Waals surface area contributed by atoms with Crippen LogP contribution >= 0.6 is 0 Å². The van der Waals surface area contributed by atoms with E-state index in [1.807, 2.05) is 30.3 Å². The van der Waals surface area contributed by atoms with Gasteiger partial charge in [-0.15, -0.1) is 0 Å². The average molecular weight is 405 g/mol. The zero-order chi connectivity index (χ0) is 20.1. The number of sulfonamides is 1. The second kappa shape index (κ2) is 8.46. The highest BCUT2D eigenvalue weighted by Gasteiger charge is 2.28. The number of benzene rings is 2. The molecule has 1 saturated heterocycles. The van der Waals surface area contributed by atoms with E-state index in [0.29, 0.717) is 19.7 Å². The average Bonchev–Trinajstić information content (AvgIpc) is 2.73.